The number of nitrogens with zero attached hydrogens (tertiary/aromatic N) is 2. The number of carbonyl (C=O) groups is 2. The molecule has 0 atom stereocenters. The van der Waals surface area contributed by atoms with Crippen molar-refractivity contribution in [1.82, 2.24) is 9.80 Å². The summed E-state index contributed by atoms with van der Waals surface area (Å²) in [6, 6.07) is 11.3. The van der Waals surface area contributed by atoms with Crippen molar-refractivity contribution in [3.8, 4) is 22.6 Å². The Labute approximate surface area is 168 Å². The molecule has 2 aromatic rings. The highest BCUT2D eigenvalue weighted by Crippen LogP contribution is 2.34. The summed E-state index contributed by atoms with van der Waals surface area (Å²) in [5.74, 6) is -0.368. The van der Waals surface area contributed by atoms with E-state index in [9.17, 15) is 24.9 Å². The number of hydrogen-bond donors (Lipinski definition) is 3. The molecule has 0 unspecified atom stereocenters. The minimum absolute atomic E-state index is 0.0138. The van der Waals surface area contributed by atoms with Crippen LogP contribution in [0.5, 0.6) is 11.5 Å². The SMILES string of the molecule is O=C(c1ccc(-c2ccc(O)cc2O)cc1)N1CCN(C(=O)C2(O)CCC2)CC1. The van der Waals surface area contributed by atoms with Crippen LogP contribution in [0.3, 0.4) is 0 Å². The van der Waals surface area contributed by atoms with Gasteiger partial charge >= 0.3 is 0 Å². The van der Waals surface area contributed by atoms with Crippen LogP contribution in [-0.2, 0) is 4.79 Å². The summed E-state index contributed by atoms with van der Waals surface area (Å²) in [5.41, 5.74) is 0.650. The fourth-order valence-electron chi connectivity index (χ4n) is 3.87. The highest BCUT2D eigenvalue weighted by atomic mass is 16.3. The first kappa shape index (κ1) is 19.3. The number of aromatic hydroxyl groups is 2. The predicted octanol–water partition coefficient (Wildman–Crippen LogP) is 1.96. The molecule has 0 spiro atoms. The zero-order chi connectivity index (χ0) is 20.6. The van der Waals surface area contributed by atoms with E-state index in [1.807, 2.05) is 0 Å². The third kappa shape index (κ3) is 3.65. The van der Waals surface area contributed by atoms with E-state index in [0.717, 1.165) is 12.0 Å². The number of benzene rings is 2. The van der Waals surface area contributed by atoms with Crippen LogP contribution in [0.4, 0.5) is 0 Å². The number of rotatable bonds is 3. The van der Waals surface area contributed by atoms with E-state index in [1.54, 1.807) is 40.1 Å². The van der Waals surface area contributed by atoms with Crippen molar-refractivity contribution < 1.29 is 24.9 Å². The Morgan fingerprint density at radius 3 is 2.03 bits per heavy atom. The van der Waals surface area contributed by atoms with E-state index in [-0.39, 0.29) is 23.3 Å². The normalized spacial score (nSPS) is 18.2. The van der Waals surface area contributed by atoms with E-state index in [1.165, 1.54) is 12.1 Å². The third-order valence-corrected chi connectivity index (χ3v) is 5.86. The van der Waals surface area contributed by atoms with Gasteiger partial charge in [0.1, 0.15) is 17.1 Å². The van der Waals surface area contributed by atoms with Crippen LogP contribution in [-0.4, -0.2) is 68.7 Å². The summed E-state index contributed by atoms with van der Waals surface area (Å²) in [6.45, 7) is 1.71. The quantitative estimate of drug-likeness (QED) is 0.736. The number of amides is 2. The Kier molecular flexibility index (Phi) is 4.92. The standard InChI is InChI=1S/C22H24N2O5/c25-17-6-7-18(19(26)14-17)15-2-4-16(5-3-15)20(27)23-10-12-24(13-11-23)21(28)22(29)8-1-9-22/h2-7,14,25-26,29H,1,8-13H2. The van der Waals surface area contributed by atoms with Crippen LogP contribution in [0, 0.1) is 0 Å². The van der Waals surface area contributed by atoms with Gasteiger partial charge in [0, 0.05) is 43.4 Å². The Morgan fingerprint density at radius 2 is 1.48 bits per heavy atom. The second-order valence-electron chi connectivity index (χ2n) is 7.75. The monoisotopic (exact) mass is 396 g/mol. The first-order valence-electron chi connectivity index (χ1n) is 9.81. The maximum absolute atomic E-state index is 12.8. The van der Waals surface area contributed by atoms with Crippen LogP contribution in [0.15, 0.2) is 42.5 Å². The maximum atomic E-state index is 12.8. The minimum atomic E-state index is -1.19. The first-order chi connectivity index (χ1) is 13.9. The van der Waals surface area contributed by atoms with Crippen LogP contribution in [0.1, 0.15) is 29.6 Å². The number of carbonyl (C=O) groups excluding carboxylic acids is 2. The van der Waals surface area contributed by atoms with Gasteiger partial charge in [-0.15, -0.1) is 0 Å². The summed E-state index contributed by atoms with van der Waals surface area (Å²) in [6.07, 6.45) is 1.92. The largest absolute Gasteiger partial charge is 0.508 e. The first-order valence-corrected chi connectivity index (χ1v) is 9.81. The highest BCUT2D eigenvalue weighted by molar-refractivity contribution is 5.95. The van der Waals surface area contributed by atoms with Gasteiger partial charge in [0.15, 0.2) is 0 Å². The molecule has 152 valence electrons. The van der Waals surface area contributed by atoms with E-state index < -0.39 is 5.60 Å². The number of aliphatic hydroxyl groups is 1. The van der Waals surface area contributed by atoms with Gasteiger partial charge in [0.25, 0.3) is 11.8 Å². The van der Waals surface area contributed by atoms with Crippen molar-refractivity contribution >= 4 is 11.8 Å². The Hall–Kier alpha value is -3.06. The van der Waals surface area contributed by atoms with Crippen molar-refractivity contribution in [2.45, 2.75) is 24.9 Å². The molecule has 0 bridgehead atoms. The second-order valence-corrected chi connectivity index (χ2v) is 7.75. The van der Waals surface area contributed by atoms with Crippen LogP contribution >= 0.6 is 0 Å². The zero-order valence-corrected chi connectivity index (χ0v) is 16.0. The van der Waals surface area contributed by atoms with E-state index in [0.29, 0.717) is 50.1 Å². The predicted molar refractivity (Wildman–Crippen MR) is 106 cm³/mol. The Morgan fingerprint density at radius 1 is 0.862 bits per heavy atom. The van der Waals surface area contributed by atoms with Gasteiger partial charge in [-0.2, -0.15) is 0 Å². The minimum Gasteiger partial charge on any atom is -0.508 e. The molecule has 0 radical (unpaired) electrons. The van der Waals surface area contributed by atoms with Gasteiger partial charge in [-0.05, 0) is 49.1 Å². The van der Waals surface area contributed by atoms with Gasteiger partial charge in [-0.25, -0.2) is 0 Å². The zero-order valence-electron chi connectivity index (χ0n) is 16.0. The summed E-state index contributed by atoms with van der Waals surface area (Å²) >= 11 is 0. The third-order valence-electron chi connectivity index (χ3n) is 5.86. The molecule has 1 aliphatic heterocycles. The summed E-state index contributed by atoms with van der Waals surface area (Å²) in [5, 5.41) is 29.6. The highest BCUT2D eigenvalue weighted by Gasteiger charge is 2.45. The molecule has 1 saturated heterocycles. The van der Waals surface area contributed by atoms with Gasteiger partial charge in [-0.1, -0.05) is 12.1 Å². The topological polar surface area (TPSA) is 101 Å². The van der Waals surface area contributed by atoms with Crippen LogP contribution in [0.2, 0.25) is 0 Å². The molecule has 2 aliphatic rings. The molecule has 7 heteroatoms. The fraction of sp³-hybridized carbons (Fsp3) is 0.364. The van der Waals surface area contributed by atoms with E-state index in [2.05, 4.69) is 0 Å². The summed E-state index contributed by atoms with van der Waals surface area (Å²) in [7, 11) is 0. The Balaban J connectivity index is 1.39. The van der Waals surface area contributed by atoms with Crippen LogP contribution < -0.4 is 0 Å². The molecule has 4 rings (SSSR count). The molecular formula is C22H24N2O5. The molecule has 2 aromatic carbocycles. The average Bonchev–Trinajstić information content (AvgIpc) is 2.71. The molecule has 1 saturated carbocycles. The molecule has 1 heterocycles. The fourth-order valence-corrected chi connectivity index (χ4v) is 3.87. The van der Waals surface area contributed by atoms with Gasteiger partial charge in [0.05, 0.1) is 0 Å². The van der Waals surface area contributed by atoms with E-state index >= 15 is 0 Å². The van der Waals surface area contributed by atoms with Gasteiger partial charge in [0.2, 0.25) is 0 Å². The Bertz CT molecular complexity index is 929. The lowest BCUT2D eigenvalue weighted by Gasteiger charge is -2.42. The van der Waals surface area contributed by atoms with Gasteiger partial charge in [-0.3, -0.25) is 9.59 Å². The molecule has 2 amide bonds. The molecular weight excluding hydrogens is 372 g/mol. The summed E-state index contributed by atoms with van der Waals surface area (Å²) < 4.78 is 0. The smallest absolute Gasteiger partial charge is 0.254 e. The number of phenolic OH excluding ortho intramolecular Hbond substituents is 2. The molecule has 7 nitrogen and oxygen atoms in total. The van der Waals surface area contributed by atoms with Crippen LogP contribution in [0.25, 0.3) is 11.1 Å². The van der Waals surface area contributed by atoms with Crippen molar-refractivity contribution in [3.05, 3.63) is 48.0 Å². The van der Waals surface area contributed by atoms with Gasteiger partial charge < -0.3 is 25.1 Å². The number of hydrogen-bond acceptors (Lipinski definition) is 5. The van der Waals surface area contributed by atoms with E-state index in [4.69, 9.17) is 0 Å². The lowest BCUT2D eigenvalue weighted by molar-refractivity contribution is -0.161. The summed E-state index contributed by atoms with van der Waals surface area (Å²) in [4.78, 5) is 28.6. The number of phenols is 2. The second kappa shape index (κ2) is 7.40. The van der Waals surface area contributed by atoms with Crippen molar-refractivity contribution in [2.75, 3.05) is 26.2 Å². The molecule has 2 fully saturated rings. The maximum Gasteiger partial charge on any atom is 0.254 e. The lowest BCUT2D eigenvalue weighted by Crippen LogP contribution is -2.58. The van der Waals surface area contributed by atoms with Crippen molar-refractivity contribution in [2.24, 2.45) is 0 Å². The molecule has 0 aromatic heterocycles. The van der Waals surface area contributed by atoms with Crippen molar-refractivity contribution in [3.63, 3.8) is 0 Å². The number of piperazine rings is 1. The van der Waals surface area contributed by atoms with Crippen molar-refractivity contribution in [1.29, 1.82) is 0 Å². The molecule has 3 N–H and O–H groups in total. The molecule has 29 heavy (non-hydrogen) atoms. The molecule has 1 aliphatic carbocycles. The lowest BCUT2D eigenvalue weighted by atomic mass is 9.79. The average molecular weight is 396 g/mol.